The lowest BCUT2D eigenvalue weighted by Gasteiger charge is -2.32. The Labute approximate surface area is 166 Å². The number of carbonyl (C=O) groups is 4. The van der Waals surface area contributed by atoms with Crippen LogP contribution in [0.1, 0.15) is 47.0 Å². The highest BCUT2D eigenvalue weighted by Gasteiger charge is 2.40. The van der Waals surface area contributed by atoms with Gasteiger partial charge in [-0.15, -0.1) is 24.7 Å². The van der Waals surface area contributed by atoms with Crippen molar-refractivity contribution in [2.75, 3.05) is 7.11 Å². The first kappa shape index (κ1) is 25.0. The van der Waals surface area contributed by atoms with Crippen LogP contribution in [0.4, 0.5) is 0 Å². The van der Waals surface area contributed by atoms with E-state index in [1.54, 1.807) is 0 Å². The minimum atomic E-state index is -1.53. The molecular weight excluding hydrogens is 362 g/mol. The Hall–Kier alpha value is -3.00. The number of methoxy groups -OCH3 is 1. The van der Waals surface area contributed by atoms with E-state index in [-0.39, 0.29) is 18.8 Å². The van der Waals surface area contributed by atoms with Gasteiger partial charge >= 0.3 is 5.97 Å². The summed E-state index contributed by atoms with van der Waals surface area (Å²) in [5.74, 6) is 2.43. The summed E-state index contributed by atoms with van der Waals surface area (Å²) in [5.41, 5.74) is -1.53. The molecular formula is C20H29N3O5. The first-order valence-corrected chi connectivity index (χ1v) is 8.87. The summed E-state index contributed by atoms with van der Waals surface area (Å²) in [4.78, 5) is 48.7. The molecule has 0 saturated carbocycles. The molecule has 0 fully saturated rings. The summed E-state index contributed by atoms with van der Waals surface area (Å²) < 4.78 is 4.58. The highest BCUT2D eigenvalue weighted by atomic mass is 16.5. The van der Waals surface area contributed by atoms with Gasteiger partial charge in [0.15, 0.2) is 0 Å². The number of hydrogen-bond donors (Lipinski definition) is 3. The van der Waals surface area contributed by atoms with Gasteiger partial charge in [0, 0.05) is 19.8 Å². The Balaban J connectivity index is 5.63. The zero-order valence-electron chi connectivity index (χ0n) is 17.0. The van der Waals surface area contributed by atoms with E-state index in [0.29, 0.717) is 6.42 Å². The summed E-state index contributed by atoms with van der Waals surface area (Å²) in [6.07, 6.45) is 10.7. The van der Waals surface area contributed by atoms with Crippen molar-refractivity contribution in [3.05, 3.63) is 0 Å². The first-order chi connectivity index (χ1) is 13.0. The third kappa shape index (κ3) is 7.71. The summed E-state index contributed by atoms with van der Waals surface area (Å²) in [7, 11) is 1.21. The van der Waals surface area contributed by atoms with Gasteiger partial charge < -0.3 is 20.7 Å². The fourth-order valence-corrected chi connectivity index (χ4v) is 2.60. The molecule has 8 nitrogen and oxygen atoms in total. The monoisotopic (exact) mass is 391 g/mol. The van der Waals surface area contributed by atoms with Crippen molar-refractivity contribution in [3.63, 3.8) is 0 Å². The van der Waals surface area contributed by atoms with Crippen molar-refractivity contribution in [1.29, 1.82) is 0 Å². The molecule has 0 spiro atoms. The maximum Gasteiger partial charge on any atom is 0.328 e. The zero-order chi connectivity index (χ0) is 21.9. The van der Waals surface area contributed by atoms with Crippen molar-refractivity contribution in [3.8, 4) is 24.7 Å². The molecule has 0 bridgehead atoms. The highest BCUT2D eigenvalue weighted by Crippen LogP contribution is 2.17. The van der Waals surface area contributed by atoms with E-state index in [0.717, 1.165) is 0 Å². The number of hydrogen-bond acceptors (Lipinski definition) is 5. The minimum absolute atomic E-state index is 0.0555. The molecule has 0 aromatic heterocycles. The molecule has 0 aromatic carbocycles. The Morgan fingerprint density at radius 3 is 1.96 bits per heavy atom. The van der Waals surface area contributed by atoms with Crippen molar-refractivity contribution in [1.82, 2.24) is 16.0 Å². The second kappa shape index (κ2) is 11.7. The van der Waals surface area contributed by atoms with Gasteiger partial charge in [-0.05, 0) is 19.3 Å². The smallest absolute Gasteiger partial charge is 0.328 e. The van der Waals surface area contributed by atoms with Crippen LogP contribution in [0.3, 0.4) is 0 Å². The average molecular weight is 391 g/mol. The van der Waals surface area contributed by atoms with Gasteiger partial charge in [0.05, 0.1) is 7.11 Å². The maximum absolute atomic E-state index is 13.0. The van der Waals surface area contributed by atoms with Crippen LogP contribution in [0, 0.1) is 30.6 Å². The number of esters is 1. The number of terminal acetylenes is 2. The van der Waals surface area contributed by atoms with Gasteiger partial charge in [0.2, 0.25) is 17.7 Å². The predicted octanol–water partition coefficient (Wildman–Crippen LogP) is 0.117. The predicted molar refractivity (Wildman–Crippen MR) is 104 cm³/mol. The molecule has 3 N–H and O–H groups in total. The van der Waals surface area contributed by atoms with Crippen molar-refractivity contribution in [2.24, 2.45) is 5.92 Å². The maximum atomic E-state index is 13.0. The number of carbonyl (C=O) groups excluding carboxylic acids is 4. The molecule has 0 aliphatic heterocycles. The molecule has 0 heterocycles. The summed E-state index contributed by atoms with van der Waals surface area (Å²) in [6.45, 7) is 6.46. The second-order valence-electron chi connectivity index (χ2n) is 6.93. The lowest BCUT2D eigenvalue weighted by atomic mass is 9.89. The summed E-state index contributed by atoms with van der Waals surface area (Å²) in [6, 6.07) is -1.84. The Morgan fingerprint density at radius 1 is 1.04 bits per heavy atom. The van der Waals surface area contributed by atoms with E-state index < -0.39 is 41.3 Å². The molecule has 0 aromatic rings. The van der Waals surface area contributed by atoms with Crippen LogP contribution in [-0.4, -0.2) is 48.4 Å². The molecule has 28 heavy (non-hydrogen) atoms. The van der Waals surface area contributed by atoms with Crippen LogP contribution in [0.2, 0.25) is 0 Å². The van der Waals surface area contributed by atoms with E-state index >= 15 is 0 Å². The third-order valence-electron chi connectivity index (χ3n) is 3.90. The first-order valence-electron chi connectivity index (χ1n) is 8.87. The average Bonchev–Trinajstić information content (AvgIpc) is 2.59. The zero-order valence-corrected chi connectivity index (χ0v) is 17.0. The molecule has 0 aliphatic carbocycles. The largest absolute Gasteiger partial charge is 0.467 e. The van der Waals surface area contributed by atoms with Gasteiger partial charge in [-0.2, -0.15) is 0 Å². The van der Waals surface area contributed by atoms with E-state index in [2.05, 4.69) is 32.5 Å². The number of ether oxygens (including phenoxy) is 1. The standard InChI is InChI=1S/C20H29N3O5/c1-8-10-20(11-9-2,23-15(6)24)19(27)22-16(12-13(3)4)17(25)21-14(5)18(26)28-7/h1-2,13-14,16H,10-12H2,3-7H3,(H,21,25)(H,22,27)(H,23,24)/t14-,16-/m0/s1. The van der Waals surface area contributed by atoms with Gasteiger partial charge in [-0.25, -0.2) is 4.79 Å². The molecule has 2 atom stereocenters. The second-order valence-corrected chi connectivity index (χ2v) is 6.93. The molecule has 8 heteroatoms. The van der Waals surface area contributed by atoms with Gasteiger partial charge in [0.25, 0.3) is 0 Å². The number of amides is 3. The molecule has 154 valence electrons. The van der Waals surface area contributed by atoms with Gasteiger partial charge in [0.1, 0.15) is 17.6 Å². The minimum Gasteiger partial charge on any atom is -0.467 e. The fourth-order valence-electron chi connectivity index (χ4n) is 2.60. The van der Waals surface area contributed by atoms with E-state index in [1.165, 1.54) is 21.0 Å². The van der Waals surface area contributed by atoms with Crippen LogP contribution >= 0.6 is 0 Å². The van der Waals surface area contributed by atoms with Crippen molar-refractivity contribution < 1.29 is 23.9 Å². The summed E-state index contributed by atoms with van der Waals surface area (Å²) >= 11 is 0. The Morgan fingerprint density at radius 2 is 1.57 bits per heavy atom. The topological polar surface area (TPSA) is 114 Å². The molecule has 0 saturated heterocycles. The summed E-state index contributed by atoms with van der Waals surface area (Å²) in [5, 5.41) is 7.64. The number of nitrogens with one attached hydrogen (secondary N) is 3. The quantitative estimate of drug-likeness (QED) is 0.361. The highest BCUT2D eigenvalue weighted by molar-refractivity contribution is 5.96. The van der Waals surface area contributed by atoms with E-state index in [1.807, 2.05) is 13.8 Å². The Kier molecular flexibility index (Phi) is 10.4. The molecule has 0 radical (unpaired) electrons. The SMILES string of the molecule is C#CCC(CC#C)(NC(C)=O)C(=O)N[C@@H](CC(C)C)C(=O)N[C@@H](C)C(=O)OC. The van der Waals surface area contributed by atoms with Gasteiger partial charge in [-0.3, -0.25) is 14.4 Å². The Bertz CT molecular complexity index is 656. The van der Waals surface area contributed by atoms with E-state index in [4.69, 9.17) is 12.8 Å². The van der Waals surface area contributed by atoms with Crippen LogP contribution in [0.25, 0.3) is 0 Å². The van der Waals surface area contributed by atoms with Crippen LogP contribution in [0.5, 0.6) is 0 Å². The molecule has 3 amide bonds. The van der Waals surface area contributed by atoms with Gasteiger partial charge in [-0.1, -0.05) is 13.8 Å². The van der Waals surface area contributed by atoms with Crippen LogP contribution < -0.4 is 16.0 Å². The van der Waals surface area contributed by atoms with Crippen LogP contribution in [0.15, 0.2) is 0 Å². The molecule has 0 rings (SSSR count). The number of rotatable bonds is 10. The fraction of sp³-hybridized carbons (Fsp3) is 0.600. The van der Waals surface area contributed by atoms with E-state index in [9.17, 15) is 19.2 Å². The van der Waals surface area contributed by atoms with Crippen LogP contribution in [-0.2, 0) is 23.9 Å². The molecule has 0 aliphatic rings. The lowest BCUT2D eigenvalue weighted by molar-refractivity contribution is -0.145. The van der Waals surface area contributed by atoms with Crippen molar-refractivity contribution in [2.45, 2.75) is 64.6 Å². The lowest BCUT2D eigenvalue weighted by Crippen LogP contribution is -2.62. The third-order valence-corrected chi connectivity index (χ3v) is 3.90. The normalized spacial score (nSPS) is 12.7. The van der Waals surface area contributed by atoms with Crippen molar-refractivity contribution >= 4 is 23.7 Å². The molecule has 0 unspecified atom stereocenters.